The summed E-state index contributed by atoms with van der Waals surface area (Å²) in [5.74, 6) is 0.705. The number of anilines is 2. The second-order valence-corrected chi connectivity index (χ2v) is 10.1. The van der Waals surface area contributed by atoms with Gasteiger partial charge >= 0.3 is 6.09 Å². The molecular formula is C24H28FN5O3. The van der Waals surface area contributed by atoms with Crippen LogP contribution in [0.15, 0.2) is 24.5 Å². The van der Waals surface area contributed by atoms with Crippen molar-refractivity contribution in [2.75, 3.05) is 10.6 Å². The number of rotatable bonds is 4. The monoisotopic (exact) mass is 453 g/mol. The third-order valence-electron chi connectivity index (χ3n) is 7.67. The highest BCUT2D eigenvalue weighted by Gasteiger charge is 2.55. The van der Waals surface area contributed by atoms with E-state index in [1.807, 2.05) is 18.7 Å². The third-order valence-corrected chi connectivity index (χ3v) is 7.67. The molecule has 5 heterocycles. The van der Waals surface area contributed by atoms with E-state index in [-0.39, 0.29) is 29.5 Å². The van der Waals surface area contributed by atoms with E-state index in [9.17, 15) is 9.18 Å². The van der Waals surface area contributed by atoms with Crippen LogP contribution < -0.4 is 15.4 Å². The van der Waals surface area contributed by atoms with Gasteiger partial charge in [0.05, 0.1) is 5.56 Å². The van der Waals surface area contributed by atoms with Crippen molar-refractivity contribution in [3.8, 4) is 11.6 Å². The molecule has 174 valence electrons. The number of nitrogens with two attached hydrogens (primary N) is 1. The molecule has 1 aliphatic carbocycles. The Morgan fingerprint density at radius 2 is 1.79 bits per heavy atom. The maximum atomic E-state index is 14.3. The lowest BCUT2D eigenvalue weighted by molar-refractivity contribution is -0.0277. The summed E-state index contributed by atoms with van der Waals surface area (Å²) in [4.78, 5) is 26.1. The van der Waals surface area contributed by atoms with Gasteiger partial charge in [0.1, 0.15) is 17.7 Å². The van der Waals surface area contributed by atoms with Crippen LogP contribution in [0.1, 0.15) is 51.0 Å². The number of nitrogen functional groups attached to an aromatic ring is 1. The molecule has 0 radical (unpaired) electrons. The summed E-state index contributed by atoms with van der Waals surface area (Å²) < 4.78 is 25.9. The van der Waals surface area contributed by atoms with Crippen molar-refractivity contribution >= 4 is 17.6 Å². The van der Waals surface area contributed by atoms with Crippen LogP contribution in [0.4, 0.5) is 20.7 Å². The predicted molar refractivity (Wildman–Crippen MR) is 120 cm³/mol. The molecule has 9 heteroatoms. The zero-order chi connectivity index (χ0) is 22.9. The van der Waals surface area contributed by atoms with Crippen LogP contribution in [0.2, 0.25) is 0 Å². The molecule has 1 aromatic carbocycles. The maximum absolute atomic E-state index is 14.3. The van der Waals surface area contributed by atoms with Crippen molar-refractivity contribution < 1.29 is 18.7 Å². The van der Waals surface area contributed by atoms with Crippen molar-refractivity contribution in [3.05, 3.63) is 35.9 Å². The highest BCUT2D eigenvalue weighted by atomic mass is 19.1. The molecule has 2 aromatic rings. The summed E-state index contributed by atoms with van der Waals surface area (Å²) in [6, 6.07) is 5.34. The van der Waals surface area contributed by atoms with E-state index < -0.39 is 5.82 Å². The number of nitrogens with zero attached hydrogens (tertiary/aromatic N) is 4. The minimum Gasteiger partial charge on any atom is -0.443 e. The summed E-state index contributed by atoms with van der Waals surface area (Å²) in [6.07, 6.45) is 6.82. The SMILES string of the molecule is Cc1c(Oc2ccc(N)cc2F)ncnc1N1C2CC3CC1CC(C2)N3C(=O)OC1(C)CC1. The van der Waals surface area contributed by atoms with Gasteiger partial charge in [-0.2, -0.15) is 0 Å². The number of halogens is 1. The van der Waals surface area contributed by atoms with Crippen molar-refractivity contribution in [3.63, 3.8) is 0 Å². The predicted octanol–water partition coefficient (Wildman–Crippen LogP) is 4.17. The summed E-state index contributed by atoms with van der Waals surface area (Å²) in [6.45, 7) is 3.92. The number of ether oxygens (including phenoxy) is 2. The number of aromatic nitrogens is 2. The molecule has 33 heavy (non-hydrogen) atoms. The first-order chi connectivity index (χ1) is 15.8. The summed E-state index contributed by atoms with van der Waals surface area (Å²) >= 11 is 0. The molecule has 0 atom stereocenters. The molecule has 7 rings (SSSR count). The van der Waals surface area contributed by atoms with Crippen LogP contribution in [0.5, 0.6) is 11.6 Å². The topological polar surface area (TPSA) is 93.8 Å². The molecule has 1 amide bonds. The van der Waals surface area contributed by atoms with E-state index >= 15 is 0 Å². The van der Waals surface area contributed by atoms with Gasteiger partial charge in [0.15, 0.2) is 11.6 Å². The molecule has 4 aliphatic heterocycles. The molecule has 5 fully saturated rings. The van der Waals surface area contributed by atoms with Crippen molar-refractivity contribution in [2.45, 2.75) is 82.1 Å². The molecule has 1 saturated carbocycles. The lowest BCUT2D eigenvalue weighted by Crippen LogP contribution is -2.70. The van der Waals surface area contributed by atoms with Gasteiger partial charge in [-0.25, -0.2) is 19.2 Å². The standard InChI is InChI=1S/C24H28FN5O3/c1-13-21(27-12-28-22(13)32-20-4-3-14(26)7-19(20)25)29-15-8-17-10-16(29)11-18(9-15)30(17)23(31)33-24(2)5-6-24/h3-4,7,12,15-18H,5-6,8-11,26H2,1-2H3. The van der Waals surface area contributed by atoms with Crippen LogP contribution in [0, 0.1) is 12.7 Å². The molecule has 1 aromatic heterocycles. The number of benzene rings is 1. The quantitative estimate of drug-likeness (QED) is 0.695. The fraction of sp³-hybridized carbons (Fsp3) is 0.542. The number of hydrogen-bond donors (Lipinski definition) is 1. The van der Waals surface area contributed by atoms with E-state index in [2.05, 4.69) is 14.9 Å². The van der Waals surface area contributed by atoms with Gasteiger partial charge in [-0.1, -0.05) is 0 Å². The molecule has 4 bridgehead atoms. The van der Waals surface area contributed by atoms with Gasteiger partial charge < -0.3 is 25.0 Å². The lowest BCUT2D eigenvalue weighted by Gasteiger charge is -2.61. The Labute approximate surface area is 191 Å². The molecule has 0 spiro atoms. The Morgan fingerprint density at radius 1 is 1.12 bits per heavy atom. The average molecular weight is 454 g/mol. The maximum Gasteiger partial charge on any atom is 0.410 e. The fourth-order valence-electron chi connectivity index (χ4n) is 5.82. The zero-order valence-electron chi connectivity index (χ0n) is 18.8. The van der Waals surface area contributed by atoms with E-state index in [1.54, 1.807) is 6.07 Å². The number of carbonyl (C=O) groups excluding carboxylic acids is 1. The first-order valence-electron chi connectivity index (χ1n) is 11.7. The first-order valence-corrected chi connectivity index (χ1v) is 11.7. The highest BCUT2D eigenvalue weighted by molar-refractivity contribution is 5.70. The molecule has 4 saturated heterocycles. The molecule has 0 unspecified atom stereocenters. The minimum atomic E-state index is -0.531. The van der Waals surface area contributed by atoms with E-state index in [0.29, 0.717) is 23.7 Å². The molecular weight excluding hydrogens is 425 g/mol. The Kier molecular flexibility index (Phi) is 4.47. The second kappa shape index (κ2) is 7.20. The normalized spacial score (nSPS) is 28.7. The van der Waals surface area contributed by atoms with Crippen LogP contribution in [0.25, 0.3) is 0 Å². The van der Waals surface area contributed by atoms with Crippen LogP contribution >= 0.6 is 0 Å². The highest BCUT2D eigenvalue weighted by Crippen LogP contribution is 2.48. The Balaban J connectivity index is 1.22. The number of piperidine rings is 4. The van der Waals surface area contributed by atoms with Crippen molar-refractivity contribution in [1.29, 1.82) is 0 Å². The van der Waals surface area contributed by atoms with Gasteiger partial charge in [0.2, 0.25) is 5.88 Å². The number of carbonyl (C=O) groups is 1. The largest absolute Gasteiger partial charge is 0.443 e. The van der Waals surface area contributed by atoms with Gasteiger partial charge in [0.25, 0.3) is 0 Å². The van der Waals surface area contributed by atoms with E-state index in [1.165, 1.54) is 18.5 Å². The third kappa shape index (κ3) is 3.45. The summed E-state index contributed by atoms with van der Waals surface area (Å²) in [7, 11) is 0. The van der Waals surface area contributed by atoms with Crippen LogP contribution in [0.3, 0.4) is 0 Å². The van der Waals surface area contributed by atoms with Gasteiger partial charge in [-0.3, -0.25) is 0 Å². The van der Waals surface area contributed by atoms with E-state index in [0.717, 1.165) is 49.9 Å². The van der Waals surface area contributed by atoms with Crippen LogP contribution in [-0.2, 0) is 4.74 Å². The zero-order valence-corrected chi connectivity index (χ0v) is 18.8. The average Bonchev–Trinajstić information content (AvgIpc) is 3.48. The smallest absolute Gasteiger partial charge is 0.410 e. The molecule has 8 nitrogen and oxygen atoms in total. The van der Waals surface area contributed by atoms with Gasteiger partial charge in [-0.05, 0) is 64.5 Å². The van der Waals surface area contributed by atoms with Crippen molar-refractivity contribution in [2.24, 2.45) is 0 Å². The first kappa shape index (κ1) is 20.5. The molecule has 2 N–H and O–H groups in total. The summed E-state index contributed by atoms with van der Waals surface area (Å²) in [5, 5.41) is 0. The van der Waals surface area contributed by atoms with Gasteiger partial charge in [0, 0.05) is 35.9 Å². The molecule has 5 aliphatic rings. The van der Waals surface area contributed by atoms with E-state index in [4.69, 9.17) is 15.2 Å². The number of amides is 1. The lowest BCUT2D eigenvalue weighted by atomic mass is 9.73. The Hall–Kier alpha value is -3.10. The fourth-order valence-corrected chi connectivity index (χ4v) is 5.82. The summed E-state index contributed by atoms with van der Waals surface area (Å²) in [5.41, 5.74) is 6.50. The van der Waals surface area contributed by atoms with Gasteiger partial charge in [-0.15, -0.1) is 0 Å². The number of hydrogen-bond acceptors (Lipinski definition) is 7. The van der Waals surface area contributed by atoms with Crippen molar-refractivity contribution in [1.82, 2.24) is 14.9 Å². The Bertz CT molecular complexity index is 1090. The van der Waals surface area contributed by atoms with Crippen LogP contribution in [-0.4, -0.2) is 50.7 Å². The Morgan fingerprint density at radius 3 is 2.39 bits per heavy atom. The minimum absolute atomic E-state index is 0.0792. The second-order valence-electron chi connectivity index (χ2n) is 10.1.